The predicted molar refractivity (Wildman–Crippen MR) is 116 cm³/mol. The van der Waals surface area contributed by atoms with Gasteiger partial charge in [-0.3, -0.25) is 4.79 Å². The van der Waals surface area contributed by atoms with Crippen LogP contribution in [0.1, 0.15) is 21.5 Å². The number of carboxylic acids is 1. The third-order valence-corrected chi connectivity index (χ3v) is 4.94. The molecule has 0 aromatic heterocycles. The fraction of sp³-hybridized carbons (Fsp3) is 0.130. The Morgan fingerprint density at radius 3 is 2.10 bits per heavy atom. The van der Waals surface area contributed by atoms with Crippen LogP contribution in [0.25, 0.3) is 0 Å². The van der Waals surface area contributed by atoms with E-state index in [0.717, 1.165) is 11.1 Å². The number of benzene rings is 3. The molecule has 0 spiro atoms. The van der Waals surface area contributed by atoms with Crippen LogP contribution in [0.3, 0.4) is 0 Å². The lowest BCUT2D eigenvalue weighted by Gasteiger charge is -2.23. The Balaban J connectivity index is 1.78. The quantitative estimate of drug-likeness (QED) is 0.512. The molecule has 3 rings (SSSR count). The summed E-state index contributed by atoms with van der Waals surface area (Å²) in [4.78, 5) is 26.0. The number of carbonyl (C=O) groups excluding carboxylic acids is 1. The van der Waals surface area contributed by atoms with Crippen LogP contribution in [0, 0.1) is 0 Å². The first-order valence-corrected chi connectivity index (χ1v) is 9.90. The molecule has 0 aliphatic rings. The number of rotatable bonds is 8. The van der Waals surface area contributed by atoms with E-state index in [1.54, 1.807) is 17.0 Å². The largest absolute Gasteiger partial charge is 0.481 e. The number of aromatic carboxylic acids is 1. The zero-order chi connectivity index (χ0) is 21.5. The van der Waals surface area contributed by atoms with E-state index in [9.17, 15) is 14.7 Å². The molecule has 0 saturated heterocycles. The van der Waals surface area contributed by atoms with Gasteiger partial charge < -0.3 is 14.7 Å². The molecule has 0 radical (unpaired) electrons. The second kappa shape index (κ2) is 10.1. The first-order chi connectivity index (χ1) is 14.4. The summed E-state index contributed by atoms with van der Waals surface area (Å²) in [6, 6.07) is 21.2. The fourth-order valence-electron chi connectivity index (χ4n) is 2.90. The fourth-order valence-corrected chi connectivity index (χ4v) is 3.25. The number of amides is 1. The second-order valence-electron chi connectivity index (χ2n) is 6.57. The summed E-state index contributed by atoms with van der Waals surface area (Å²) in [6.45, 7) is 0.382. The minimum atomic E-state index is -1.18. The number of carboxylic acid groups (broad SMARTS) is 1. The molecule has 0 saturated carbocycles. The lowest BCUT2D eigenvalue weighted by Crippen LogP contribution is -2.34. The maximum atomic E-state index is 13.0. The van der Waals surface area contributed by atoms with Crippen molar-refractivity contribution in [2.24, 2.45) is 0 Å². The Labute approximate surface area is 184 Å². The summed E-state index contributed by atoms with van der Waals surface area (Å²) in [7, 11) is 0. The predicted octanol–water partition coefficient (Wildman–Crippen LogP) is 5.30. The molecule has 30 heavy (non-hydrogen) atoms. The van der Waals surface area contributed by atoms with Crippen LogP contribution in [-0.4, -0.2) is 28.5 Å². The van der Waals surface area contributed by atoms with Crippen molar-refractivity contribution in [3.8, 4) is 5.75 Å². The van der Waals surface area contributed by atoms with E-state index in [2.05, 4.69) is 0 Å². The smallest absolute Gasteiger partial charge is 0.339 e. The van der Waals surface area contributed by atoms with E-state index < -0.39 is 5.97 Å². The van der Waals surface area contributed by atoms with Gasteiger partial charge in [0.15, 0.2) is 12.4 Å². The van der Waals surface area contributed by atoms with Crippen LogP contribution in [0.4, 0.5) is 0 Å². The van der Waals surface area contributed by atoms with Gasteiger partial charge in [0, 0.05) is 18.1 Å². The van der Waals surface area contributed by atoms with E-state index >= 15 is 0 Å². The minimum absolute atomic E-state index is 0.0221. The van der Waals surface area contributed by atoms with Crippen molar-refractivity contribution in [1.82, 2.24) is 4.90 Å². The first kappa shape index (κ1) is 21.7. The molecule has 1 N–H and O–H groups in total. The number of ether oxygens (including phenoxy) is 1. The molecule has 0 bridgehead atoms. The zero-order valence-corrected chi connectivity index (χ0v) is 17.4. The molecule has 1 amide bonds. The summed E-state index contributed by atoms with van der Waals surface area (Å²) in [5.41, 5.74) is 1.78. The van der Waals surface area contributed by atoms with Gasteiger partial charge >= 0.3 is 5.97 Å². The van der Waals surface area contributed by atoms with Gasteiger partial charge in [-0.1, -0.05) is 71.7 Å². The van der Waals surface area contributed by atoms with Crippen molar-refractivity contribution in [2.75, 3.05) is 6.61 Å². The average molecular weight is 444 g/mol. The maximum Gasteiger partial charge on any atom is 0.339 e. The number of carbonyl (C=O) groups is 2. The van der Waals surface area contributed by atoms with Gasteiger partial charge in [0.25, 0.3) is 5.91 Å². The molecule has 3 aromatic carbocycles. The summed E-state index contributed by atoms with van der Waals surface area (Å²) < 4.78 is 5.54. The van der Waals surface area contributed by atoms with E-state index in [0.29, 0.717) is 18.1 Å². The third kappa shape index (κ3) is 5.75. The standard InChI is InChI=1S/C23H19Cl2NO4/c24-18-11-9-17(10-12-18)14-26(13-16-5-2-1-3-6-16)21(27)15-30-22-19(23(28)29)7-4-8-20(22)25/h1-12H,13-15H2,(H,28,29). The molecule has 154 valence electrons. The van der Waals surface area contributed by atoms with Crippen LogP contribution >= 0.6 is 23.2 Å². The van der Waals surface area contributed by atoms with Crippen molar-refractivity contribution in [3.63, 3.8) is 0 Å². The van der Waals surface area contributed by atoms with Crippen LogP contribution in [0.5, 0.6) is 5.75 Å². The third-order valence-electron chi connectivity index (χ3n) is 4.39. The first-order valence-electron chi connectivity index (χ1n) is 9.15. The number of nitrogens with zero attached hydrogens (tertiary/aromatic N) is 1. The summed E-state index contributed by atoms with van der Waals surface area (Å²) in [6.07, 6.45) is 0. The average Bonchev–Trinajstić information content (AvgIpc) is 2.74. The van der Waals surface area contributed by atoms with Crippen LogP contribution < -0.4 is 4.74 Å². The lowest BCUT2D eigenvalue weighted by molar-refractivity contribution is -0.134. The zero-order valence-electron chi connectivity index (χ0n) is 15.9. The van der Waals surface area contributed by atoms with Crippen molar-refractivity contribution >= 4 is 35.1 Å². The molecule has 0 unspecified atom stereocenters. The Morgan fingerprint density at radius 1 is 0.833 bits per heavy atom. The molecule has 7 heteroatoms. The highest BCUT2D eigenvalue weighted by atomic mass is 35.5. The van der Waals surface area contributed by atoms with Gasteiger partial charge in [-0.05, 0) is 35.4 Å². The molecule has 0 heterocycles. The minimum Gasteiger partial charge on any atom is -0.481 e. The normalized spacial score (nSPS) is 10.5. The Morgan fingerprint density at radius 2 is 1.47 bits per heavy atom. The molecule has 0 atom stereocenters. The van der Waals surface area contributed by atoms with Crippen LogP contribution in [0.15, 0.2) is 72.8 Å². The van der Waals surface area contributed by atoms with Crippen molar-refractivity contribution < 1.29 is 19.4 Å². The highest BCUT2D eigenvalue weighted by Gasteiger charge is 2.19. The molecule has 3 aromatic rings. The lowest BCUT2D eigenvalue weighted by atomic mass is 10.1. The summed E-state index contributed by atoms with van der Waals surface area (Å²) in [5, 5.41) is 10.1. The van der Waals surface area contributed by atoms with Gasteiger partial charge in [0.1, 0.15) is 5.56 Å². The van der Waals surface area contributed by atoms with Crippen LogP contribution in [-0.2, 0) is 17.9 Å². The van der Waals surface area contributed by atoms with Crippen molar-refractivity contribution in [2.45, 2.75) is 13.1 Å². The van der Waals surface area contributed by atoms with Gasteiger partial charge in [-0.15, -0.1) is 0 Å². The Kier molecular flexibility index (Phi) is 7.33. The maximum absolute atomic E-state index is 13.0. The van der Waals surface area contributed by atoms with Gasteiger partial charge in [0.2, 0.25) is 0 Å². The number of para-hydroxylation sites is 1. The summed E-state index contributed by atoms with van der Waals surface area (Å²) >= 11 is 12.0. The SMILES string of the molecule is O=C(O)c1cccc(Cl)c1OCC(=O)N(Cc1ccccc1)Cc1ccc(Cl)cc1. The molecule has 0 aliphatic carbocycles. The second-order valence-corrected chi connectivity index (χ2v) is 7.42. The highest BCUT2D eigenvalue weighted by molar-refractivity contribution is 6.32. The molecular weight excluding hydrogens is 425 g/mol. The summed E-state index contributed by atoms with van der Waals surface area (Å²) in [5.74, 6) is -1.50. The number of hydrogen-bond acceptors (Lipinski definition) is 3. The van der Waals surface area contributed by atoms with Gasteiger partial charge in [0.05, 0.1) is 5.02 Å². The van der Waals surface area contributed by atoms with Crippen molar-refractivity contribution in [1.29, 1.82) is 0 Å². The molecule has 0 fully saturated rings. The topological polar surface area (TPSA) is 66.8 Å². The van der Waals surface area contributed by atoms with E-state index in [1.165, 1.54) is 18.2 Å². The Hall–Kier alpha value is -3.02. The highest BCUT2D eigenvalue weighted by Crippen LogP contribution is 2.28. The van der Waals surface area contributed by atoms with Crippen LogP contribution in [0.2, 0.25) is 10.0 Å². The number of halogens is 2. The van der Waals surface area contributed by atoms with E-state index in [-0.39, 0.29) is 28.8 Å². The Bertz CT molecular complexity index is 1020. The van der Waals surface area contributed by atoms with E-state index in [4.69, 9.17) is 27.9 Å². The molecule has 0 aliphatic heterocycles. The van der Waals surface area contributed by atoms with E-state index in [1.807, 2.05) is 42.5 Å². The van der Waals surface area contributed by atoms with Crippen molar-refractivity contribution in [3.05, 3.63) is 99.5 Å². The van der Waals surface area contributed by atoms with Gasteiger partial charge in [-0.25, -0.2) is 4.79 Å². The molecule has 5 nitrogen and oxygen atoms in total. The van der Waals surface area contributed by atoms with Gasteiger partial charge in [-0.2, -0.15) is 0 Å². The molecular formula is C23H19Cl2NO4. The number of hydrogen-bond donors (Lipinski definition) is 1. The monoisotopic (exact) mass is 443 g/mol.